The van der Waals surface area contributed by atoms with Gasteiger partial charge in [0, 0.05) is 31.5 Å². The first-order valence-corrected chi connectivity index (χ1v) is 6.81. The Morgan fingerprint density at radius 1 is 1.37 bits per heavy atom. The van der Waals surface area contributed by atoms with Crippen molar-refractivity contribution >= 4 is 5.91 Å². The van der Waals surface area contributed by atoms with E-state index in [-0.39, 0.29) is 11.9 Å². The summed E-state index contributed by atoms with van der Waals surface area (Å²) < 4.78 is 5.17. The molecular formula is C15H22N2O2. The predicted molar refractivity (Wildman–Crippen MR) is 75.2 cm³/mol. The molecule has 0 spiro atoms. The zero-order valence-electron chi connectivity index (χ0n) is 11.6. The minimum atomic E-state index is 0.0661. The van der Waals surface area contributed by atoms with Crippen molar-refractivity contribution in [2.75, 3.05) is 20.2 Å². The first-order chi connectivity index (χ1) is 9.13. The number of hydrogen-bond acceptors (Lipinski definition) is 3. The second kappa shape index (κ2) is 6.06. The minimum absolute atomic E-state index is 0.0661. The molecule has 1 aromatic carbocycles. The molecule has 1 fully saturated rings. The molecule has 0 bridgehead atoms. The van der Waals surface area contributed by atoms with Gasteiger partial charge in [-0.2, -0.15) is 0 Å². The average Bonchev–Trinajstić information content (AvgIpc) is 2.45. The highest BCUT2D eigenvalue weighted by molar-refractivity contribution is 5.76. The van der Waals surface area contributed by atoms with Crippen LogP contribution in [0.3, 0.4) is 0 Å². The van der Waals surface area contributed by atoms with Gasteiger partial charge in [-0.15, -0.1) is 0 Å². The topological polar surface area (TPSA) is 55.6 Å². The number of ether oxygens (including phenoxy) is 1. The van der Waals surface area contributed by atoms with Crippen molar-refractivity contribution in [1.82, 2.24) is 4.90 Å². The van der Waals surface area contributed by atoms with Crippen LogP contribution in [0.4, 0.5) is 0 Å². The molecule has 2 atom stereocenters. The second-order valence-electron chi connectivity index (χ2n) is 5.12. The number of amides is 1. The number of nitrogens with zero attached hydrogens (tertiary/aromatic N) is 1. The molecule has 2 N–H and O–H groups in total. The Hall–Kier alpha value is -1.55. The van der Waals surface area contributed by atoms with E-state index >= 15 is 0 Å². The third-order valence-electron chi connectivity index (χ3n) is 3.73. The van der Waals surface area contributed by atoms with Crippen LogP contribution in [-0.4, -0.2) is 37.0 Å². The molecule has 2 rings (SSSR count). The molecule has 1 saturated heterocycles. The van der Waals surface area contributed by atoms with Gasteiger partial charge >= 0.3 is 0 Å². The molecule has 2 unspecified atom stereocenters. The Labute approximate surface area is 114 Å². The fourth-order valence-electron chi connectivity index (χ4n) is 2.68. The van der Waals surface area contributed by atoms with Crippen LogP contribution in [0.5, 0.6) is 5.75 Å². The first-order valence-electron chi connectivity index (χ1n) is 6.81. The van der Waals surface area contributed by atoms with Gasteiger partial charge in [-0.3, -0.25) is 4.79 Å². The van der Waals surface area contributed by atoms with E-state index in [9.17, 15) is 4.79 Å². The lowest BCUT2D eigenvalue weighted by molar-refractivity contribution is -0.132. The number of methoxy groups -OCH3 is 1. The van der Waals surface area contributed by atoms with Crippen molar-refractivity contribution < 1.29 is 9.53 Å². The summed E-state index contributed by atoms with van der Waals surface area (Å²) in [4.78, 5) is 13.7. The number of likely N-dealkylation sites (tertiary alicyclic amines) is 1. The Morgan fingerprint density at radius 3 is 2.63 bits per heavy atom. The number of carbonyl (C=O) groups excluding carboxylic acids is 1. The third kappa shape index (κ3) is 3.26. The van der Waals surface area contributed by atoms with Gasteiger partial charge in [-0.1, -0.05) is 19.1 Å². The summed E-state index contributed by atoms with van der Waals surface area (Å²) in [6.07, 6.45) is 1.47. The molecule has 0 radical (unpaired) electrons. The van der Waals surface area contributed by atoms with Gasteiger partial charge < -0.3 is 15.4 Å². The molecule has 0 aliphatic carbocycles. The van der Waals surface area contributed by atoms with Crippen LogP contribution < -0.4 is 10.5 Å². The average molecular weight is 262 g/mol. The number of benzene rings is 1. The Balaban J connectivity index is 2.11. The number of rotatable bonds is 3. The van der Waals surface area contributed by atoms with E-state index in [4.69, 9.17) is 10.5 Å². The third-order valence-corrected chi connectivity index (χ3v) is 3.73. The summed E-state index contributed by atoms with van der Waals surface area (Å²) in [5.74, 6) is 1.36. The molecule has 104 valence electrons. The Bertz CT molecular complexity index is 430. The van der Waals surface area contributed by atoms with E-state index in [0.29, 0.717) is 18.9 Å². The van der Waals surface area contributed by atoms with Crippen LogP contribution in [0.1, 0.15) is 31.2 Å². The normalized spacial score (nSPS) is 23.2. The largest absolute Gasteiger partial charge is 0.497 e. The molecule has 1 aliphatic heterocycles. The minimum Gasteiger partial charge on any atom is -0.497 e. The summed E-state index contributed by atoms with van der Waals surface area (Å²) in [5.41, 5.74) is 7.31. The standard InChI is InChI=1S/C15H22N2O2/c1-3-15(18)17-9-12(8-13(16)10-17)11-4-6-14(19-2)7-5-11/h4-7,12-13H,3,8-10,16H2,1-2H3. The van der Waals surface area contributed by atoms with Gasteiger partial charge in [-0.25, -0.2) is 0 Å². The van der Waals surface area contributed by atoms with Gasteiger partial charge in [0.1, 0.15) is 5.75 Å². The van der Waals surface area contributed by atoms with Crippen molar-refractivity contribution in [3.8, 4) is 5.75 Å². The van der Waals surface area contributed by atoms with Gasteiger partial charge in [-0.05, 0) is 24.1 Å². The van der Waals surface area contributed by atoms with Crippen molar-refractivity contribution in [3.05, 3.63) is 29.8 Å². The van der Waals surface area contributed by atoms with E-state index in [1.54, 1.807) is 7.11 Å². The number of nitrogens with two attached hydrogens (primary N) is 1. The summed E-state index contributed by atoms with van der Waals surface area (Å²) >= 11 is 0. The Morgan fingerprint density at radius 2 is 2.05 bits per heavy atom. The van der Waals surface area contributed by atoms with Crippen molar-refractivity contribution in [1.29, 1.82) is 0 Å². The molecular weight excluding hydrogens is 240 g/mol. The summed E-state index contributed by atoms with van der Waals surface area (Å²) in [6.45, 7) is 3.34. The van der Waals surface area contributed by atoms with Gasteiger partial charge in [0.05, 0.1) is 7.11 Å². The number of hydrogen-bond donors (Lipinski definition) is 1. The fourth-order valence-corrected chi connectivity index (χ4v) is 2.68. The molecule has 4 nitrogen and oxygen atoms in total. The van der Waals surface area contributed by atoms with E-state index in [1.807, 2.05) is 24.0 Å². The van der Waals surface area contributed by atoms with Crippen LogP contribution in [0, 0.1) is 0 Å². The van der Waals surface area contributed by atoms with Gasteiger partial charge in [0.25, 0.3) is 0 Å². The van der Waals surface area contributed by atoms with Crippen molar-refractivity contribution in [3.63, 3.8) is 0 Å². The summed E-state index contributed by atoms with van der Waals surface area (Å²) in [7, 11) is 1.66. The molecule has 1 aromatic rings. The fraction of sp³-hybridized carbons (Fsp3) is 0.533. The molecule has 0 aromatic heterocycles. The maximum absolute atomic E-state index is 11.8. The monoisotopic (exact) mass is 262 g/mol. The van der Waals surface area contributed by atoms with E-state index in [0.717, 1.165) is 18.7 Å². The van der Waals surface area contributed by atoms with Crippen molar-refractivity contribution in [2.45, 2.75) is 31.7 Å². The predicted octanol–water partition coefficient (Wildman–Crippen LogP) is 1.75. The quantitative estimate of drug-likeness (QED) is 0.903. The SMILES string of the molecule is CCC(=O)N1CC(N)CC(c2ccc(OC)cc2)C1. The smallest absolute Gasteiger partial charge is 0.222 e. The molecule has 19 heavy (non-hydrogen) atoms. The van der Waals surface area contributed by atoms with Crippen LogP contribution in [-0.2, 0) is 4.79 Å². The molecule has 4 heteroatoms. The van der Waals surface area contributed by atoms with E-state index in [1.165, 1.54) is 5.56 Å². The molecule has 1 heterocycles. The number of piperidine rings is 1. The van der Waals surface area contributed by atoms with E-state index < -0.39 is 0 Å². The zero-order valence-corrected chi connectivity index (χ0v) is 11.6. The number of carbonyl (C=O) groups is 1. The van der Waals surface area contributed by atoms with E-state index in [2.05, 4.69) is 12.1 Å². The van der Waals surface area contributed by atoms with Crippen LogP contribution in [0.2, 0.25) is 0 Å². The highest BCUT2D eigenvalue weighted by atomic mass is 16.5. The van der Waals surface area contributed by atoms with Crippen LogP contribution >= 0.6 is 0 Å². The lowest BCUT2D eigenvalue weighted by Crippen LogP contribution is -2.48. The molecule has 1 amide bonds. The van der Waals surface area contributed by atoms with Gasteiger partial charge in [0.15, 0.2) is 0 Å². The molecule has 1 aliphatic rings. The van der Waals surface area contributed by atoms with Crippen LogP contribution in [0.25, 0.3) is 0 Å². The first kappa shape index (κ1) is 13.9. The van der Waals surface area contributed by atoms with Crippen molar-refractivity contribution in [2.24, 2.45) is 5.73 Å². The maximum Gasteiger partial charge on any atom is 0.222 e. The highest BCUT2D eigenvalue weighted by Gasteiger charge is 2.28. The Kier molecular flexibility index (Phi) is 4.43. The van der Waals surface area contributed by atoms with Crippen LogP contribution in [0.15, 0.2) is 24.3 Å². The lowest BCUT2D eigenvalue weighted by Gasteiger charge is -2.36. The molecule has 0 saturated carbocycles. The zero-order chi connectivity index (χ0) is 13.8. The summed E-state index contributed by atoms with van der Waals surface area (Å²) in [6, 6.07) is 8.12. The highest BCUT2D eigenvalue weighted by Crippen LogP contribution is 2.28. The maximum atomic E-state index is 11.8. The summed E-state index contributed by atoms with van der Waals surface area (Å²) in [5, 5.41) is 0. The lowest BCUT2D eigenvalue weighted by atomic mass is 9.88. The van der Waals surface area contributed by atoms with Gasteiger partial charge in [0.2, 0.25) is 5.91 Å². The second-order valence-corrected chi connectivity index (χ2v) is 5.12.